The Hall–Kier alpha value is -2.40. The zero-order valence-corrected chi connectivity index (χ0v) is 31.7. The number of amides is 2. The number of rotatable bonds is 25. The van der Waals surface area contributed by atoms with Crippen LogP contribution in [0.15, 0.2) is 30.3 Å². The number of carbonyl (C=O) groups excluding carboxylic acids is 2. The van der Waals surface area contributed by atoms with Crippen LogP contribution < -0.4 is 16.5 Å². The Morgan fingerprint density at radius 2 is 1.46 bits per heavy atom. The van der Waals surface area contributed by atoms with Crippen LogP contribution in [0.2, 0.25) is 0 Å². The van der Waals surface area contributed by atoms with Gasteiger partial charge in [0.25, 0.3) is 0 Å². The number of benzene rings is 1. The van der Waals surface area contributed by atoms with E-state index in [9.17, 15) is 35.1 Å². The summed E-state index contributed by atoms with van der Waals surface area (Å²) in [5.74, 6) is 4.68. The monoisotopic (exact) mass is 741 g/mol. The summed E-state index contributed by atoms with van der Waals surface area (Å²) in [6.45, 7) is 6.21. The highest BCUT2D eigenvalue weighted by Gasteiger charge is 2.46. The Bertz CT molecular complexity index is 1110. The van der Waals surface area contributed by atoms with Gasteiger partial charge in [0.2, 0.25) is 5.91 Å². The Kier molecular flexibility index (Phi) is 21.8. The fraction of sp³-hybridized carbons (Fsp3) is 0.789. The van der Waals surface area contributed by atoms with Crippen molar-refractivity contribution >= 4 is 12.0 Å². The summed E-state index contributed by atoms with van der Waals surface area (Å²) >= 11 is 0. The third-order valence-corrected chi connectivity index (χ3v) is 9.20. The number of hydrogen-bond acceptors (Lipinski definition) is 12. The second kappa shape index (κ2) is 24.8. The normalized spacial score (nSPS) is 23.0. The summed E-state index contributed by atoms with van der Waals surface area (Å²) in [6.07, 6.45) is 3.42. The van der Waals surface area contributed by atoms with Crippen LogP contribution in [0.25, 0.3) is 0 Å². The van der Waals surface area contributed by atoms with E-state index < -0.39 is 85.8 Å². The topological polar surface area (TPSA) is 222 Å². The highest BCUT2D eigenvalue weighted by atomic mass is 16.7. The molecule has 1 aliphatic heterocycles. The summed E-state index contributed by atoms with van der Waals surface area (Å²) < 4.78 is 16.8. The molecule has 1 fully saturated rings. The third-order valence-electron chi connectivity index (χ3n) is 9.20. The number of unbranched alkanes of at least 4 members (excludes halogenated alkanes) is 11. The molecule has 14 heteroatoms. The van der Waals surface area contributed by atoms with E-state index in [1.807, 2.05) is 6.07 Å². The molecule has 0 saturated carbocycles. The maximum absolute atomic E-state index is 13.8. The molecule has 0 radical (unpaired) electrons. The molecule has 0 aromatic heterocycles. The van der Waals surface area contributed by atoms with Crippen molar-refractivity contribution in [1.82, 2.24) is 10.6 Å². The number of alkyl carbamates (subject to hydrolysis) is 1. The minimum Gasteiger partial charge on any atom is -0.444 e. The molecule has 52 heavy (non-hydrogen) atoms. The van der Waals surface area contributed by atoms with Crippen LogP contribution in [-0.2, 0) is 30.3 Å². The van der Waals surface area contributed by atoms with E-state index in [4.69, 9.17) is 24.9 Å². The molecule has 0 bridgehead atoms. The quantitative estimate of drug-likeness (QED) is 0.0535. The minimum absolute atomic E-state index is 0.0914. The Morgan fingerprint density at radius 3 is 2.00 bits per heavy atom. The van der Waals surface area contributed by atoms with Crippen LogP contribution in [-0.4, -0.2) is 111 Å². The molecule has 1 aromatic rings. The van der Waals surface area contributed by atoms with Crippen molar-refractivity contribution in [3.05, 3.63) is 35.9 Å². The number of aliphatic hydroxyl groups excluding tert-OH is 5. The summed E-state index contributed by atoms with van der Waals surface area (Å²) in [6, 6.07) is 6.65. The first-order valence-electron chi connectivity index (χ1n) is 19.1. The molecular formula is C38H67N3O11. The number of ether oxygens (including phenoxy) is 3. The van der Waals surface area contributed by atoms with Crippen LogP contribution in [0.5, 0.6) is 0 Å². The van der Waals surface area contributed by atoms with E-state index in [1.165, 1.54) is 51.4 Å². The average Bonchev–Trinajstić information content (AvgIpc) is 3.10. The molecule has 2 amide bonds. The van der Waals surface area contributed by atoms with Crippen LogP contribution in [0.1, 0.15) is 117 Å². The fourth-order valence-electron chi connectivity index (χ4n) is 6.18. The lowest BCUT2D eigenvalue weighted by atomic mass is 9.98. The Balaban J connectivity index is 2.10. The van der Waals surface area contributed by atoms with Gasteiger partial charge in [-0.3, -0.25) is 9.63 Å². The van der Waals surface area contributed by atoms with Gasteiger partial charge < -0.3 is 50.4 Å². The van der Waals surface area contributed by atoms with E-state index >= 15 is 0 Å². The van der Waals surface area contributed by atoms with Gasteiger partial charge in [0.15, 0.2) is 12.4 Å². The number of nitrogens with one attached hydrogen (secondary N) is 2. The molecule has 0 aliphatic carbocycles. The Labute approximate surface area is 309 Å². The fourth-order valence-corrected chi connectivity index (χ4v) is 6.18. The summed E-state index contributed by atoms with van der Waals surface area (Å²) in [5, 5.41) is 58.2. The van der Waals surface area contributed by atoms with Crippen molar-refractivity contribution in [2.24, 2.45) is 5.90 Å². The summed E-state index contributed by atoms with van der Waals surface area (Å²) in [4.78, 5) is 31.4. The highest BCUT2D eigenvalue weighted by molar-refractivity contribution is 5.86. The number of nitrogens with two attached hydrogens (primary N) is 1. The van der Waals surface area contributed by atoms with Gasteiger partial charge in [0, 0.05) is 6.42 Å². The first kappa shape index (κ1) is 45.8. The molecule has 14 nitrogen and oxygen atoms in total. The lowest BCUT2D eigenvalue weighted by Crippen LogP contribution is -2.62. The summed E-state index contributed by atoms with van der Waals surface area (Å²) in [7, 11) is 0. The highest BCUT2D eigenvalue weighted by Crippen LogP contribution is 2.24. The zero-order chi connectivity index (χ0) is 38.5. The summed E-state index contributed by atoms with van der Waals surface area (Å²) in [5.41, 5.74) is -0.0746. The standard InChI is InChI=1S/C38H67N3O11/c1-5-6-7-8-9-10-11-12-13-14-15-19-22-29(43)31(44)28(25-49-36-34(52-39)33(46)32(45)30(24-42)50-36)40-35(47)27(23-26-20-17-16-18-21-26)41-37(48)51-38(2,3)4/h16-18,20-21,27-34,36,42-46H,5-15,19,22-25,39H2,1-4H3,(H,40,47)(H,41,48)/t27-,28?,29?,30?,31?,32?,33?,34?,36?/m0/s1. The van der Waals surface area contributed by atoms with Crippen molar-refractivity contribution < 1.29 is 54.2 Å². The van der Waals surface area contributed by atoms with Crippen molar-refractivity contribution in [1.29, 1.82) is 0 Å². The molecular weight excluding hydrogens is 674 g/mol. The Morgan fingerprint density at radius 1 is 0.885 bits per heavy atom. The van der Waals surface area contributed by atoms with Crippen LogP contribution in [0.3, 0.4) is 0 Å². The van der Waals surface area contributed by atoms with Gasteiger partial charge in [0.1, 0.15) is 36.1 Å². The molecule has 1 heterocycles. The van der Waals surface area contributed by atoms with E-state index in [0.29, 0.717) is 6.42 Å². The molecule has 9 atom stereocenters. The maximum Gasteiger partial charge on any atom is 0.408 e. The third kappa shape index (κ3) is 17.2. The van der Waals surface area contributed by atoms with Gasteiger partial charge >= 0.3 is 6.09 Å². The van der Waals surface area contributed by atoms with E-state index in [2.05, 4.69) is 17.6 Å². The predicted octanol–water partition coefficient (Wildman–Crippen LogP) is 3.13. The number of hydrogen-bond donors (Lipinski definition) is 8. The van der Waals surface area contributed by atoms with Gasteiger partial charge in [-0.2, -0.15) is 0 Å². The SMILES string of the molecule is CCCCCCCCCCCCCCC(O)C(O)C(COC1OC(CO)C(O)C(O)C1ON)NC(=O)[C@H](Cc1ccccc1)NC(=O)OC(C)(C)C. The molecule has 1 aliphatic rings. The molecule has 1 saturated heterocycles. The zero-order valence-electron chi connectivity index (χ0n) is 31.7. The lowest BCUT2D eigenvalue weighted by molar-refractivity contribution is -0.312. The van der Waals surface area contributed by atoms with Crippen LogP contribution in [0, 0.1) is 0 Å². The second-order valence-electron chi connectivity index (χ2n) is 14.9. The molecule has 300 valence electrons. The van der Waals surface area contributed by atoms with Crippen molar-refractivity contribution in [2.45, 2.75) is 178 Å². The van der Waals surface area contributed by atoms with Crippen molar-refractivity contribution in [3.63, 3.8) is 0 Å². The van der Waals surface area contributed by atoms with E-state index in [0.717, 1.165) is 24.8 Å². The van der Waals surface area contributed by atoms with Crippen molar-refractivity contribution in [2.75, 3.05) is 13.2 Å². The van der Waals surface area contributed by atoms with Crippen molar-refractivity contribution in [3.8, 4) is 0 Å². The van der Waals surface area contributed by atoms with Crippen LogP contribution in [0.4, 0.5) is 4.79 Å². The average molecular weight is 742 g/mol. The van der Waals surface area contributed by atoms with E-state index in [1.54, 1.807) is 45.0 Å². The lowest BCUT2D eigenvalue weighted by Gasteiger charge is -2.41. The minimum atomic E-state index is -1.58. The largest absolute Gasteiger partial charge is 0.444 e. The molecule has 1 aromatic carbocycles. The van der Waals surface area contributed by atoms with Gasteiger partial charge in [0.05, 0.1) is 25.4 Å². The predicted molar refractivity (Wildman–Crippen MR) is 196 cm³/mol. The van der Waals surface area contributed by atoms with Gasteiger partial charge in [-0.05, 0) is 32.8 Å². The molecule has 0 spiro atoms. The van der Waals surface area contributed by atoms with Gasteiger partial charge in [-0.15, -0.1) is 0 Å². The van der Waals surface area contributed by atoms with E-state index in [-0.39, 0.29) is 12.8 Å². The number of carbonyl (C=O) groups is 2. The van der Waals surface area contributed by atoms with Gasteiger partial charge in [-0.1, -0.05) is 114 Å². The molecule has 9 N–H and O–H groups in total. The number of aliphatic hydroxyl groups is 5. The maximum atomic E-state index is 13.8. The first-order chi connectivity index (χ1) is 24.8. The van der Waals surface area contributed by atoms with Crippen LogP contribution >= 0.6 is 0 Å². The van der Waals surface area contributed by atoms with Gasteiger partial charge in [-0.25, -0.2) is 10.7 Å². The second-order valence-corrected chi connectivity index (χ2v) is 14.9. The molecule has 8 unspecified atom stereocenters. The smallest absolute Gasteiger partial charge is 0.408 e. The first-order valence-corrected chi connectivity index (χ1v) is 19.1. The molecule has 2 rings (SSSR count).